The van der Waals surface area contributed by atoms with Crippen LogP contribution in [0.25, 0.3) is 0 Å². The second-order valence-electron chi connectivity index (χ2n) is 9.68. The molecule has 7 heteroatoms. The molecule has 0 spiro atoms. The van der Waals surface area contributed by atoms with E-state index in [1.54, 1.807) is 10.8 Å². The van der Waals surface area contributed by atoms with Gasteiger partial charge in [0.1, 0.15) is 0 Å². The van der Waals surface area contributed by atoms with Gasteiger partial charge in [-0.3, -0.25) is 9.59 Å². The fraction of sp³-hybridized carbons (Fsp3) is 0.739. The molecule has 1 atom stereocenters. The van der Waals surface area contributed by atoms with Crippen molar-refractivity contribution in [3.05, 3.63) is 27.6 Å². The lowest BCUT2D eigenvalue weighted by Crippen LogP contribution is -2.60. The number of thioether (sulfide) groups is 1. The third-order valence-electron chi connectivity index (χ3n) is 7.18. The summed E-state index contributed by atoms with van der Waals surface area (Å²) in [6.45, 7) is 5.22. The SMILES string of the molecule is CSc1cn(CC2(O)CCN(C(=O)CCC3CCCCC3)CC2(C)C)c(=O)cc1Cl. The Kier molecular flexibility index (Phi) is 7.62. The standard InChI is InChI=1S/C23H35ClN2O3S/c1-22(2)15-25(20(27)10-9-17-7-5-4-6-8-17)12-11-23(22,29)16-26-14-19(30-3)18(24)13-21(26)28/h13-14,17,29H,4-12,15-16H2,1-3H3. The smallest absolute Gasteiger partial charge is 0.252 e. The molecule has 2 aliphatic rings. The Morgan fingerprint density at radius 2 is 2.00 bits per heavy atom. The quantitative estimate of drug-likeness (QED) is 0.639. The van der Waals surface area contributed by atoms with Gasteiger partial charge in [0.25, 0.3) is 5.56 Å². The predicted octanol–water partition coefficient (Wildman–Crippen LogP) is 4.57. The number of aromatic nitrogens is 1. The molecule has 1 saturated carbocycles. The van der Waals surface area contributed by atoms with E-state index in [2.05, 4.69) is 0 Å². The van der Waals surface area contributed by atoms with Gasteiger partial charge in [0.05, 0.1) is 17.2 Å². The van der Waals surface area contributed by atoms with Gasteiger partial charge in [-0.2, -0.15) is 0 Å². The van der Waals surface area contributed by atoms with Gasteiger partial charge in [0.15, 0.2) is 0 Å². The molecule has 1 N–H and O–H groups in total. The Morgan fingerprint density at radius 1 is 1.30 bits per heavy atom. The highest BCUT2D eigenvalue weighted by molar-refractivity contribution is 7.98. The number of halogens is 1. The van der Waals surface area contributed by atoms with Crippen LogP contribution in [-0.2, 0) is 11.3 Å². The Morgan fingerprint density at radius 3 is 2.63 bits per heavy atom. The summed E-state index contributed by atoms with van der Waals surface area (Å²) in [4.78, 5) is 28.0. The highest BCUT2D eigenvalue weighted by atomic mass is 35.5. The first kappa shape index (κ1) is 23.7. The van der Waals surface area contributed by atoms with Crippen molar-refractivity contribution in [1.82, 2.24) is 9.47 Å². The molecule has 2 fully saturated rings. The minimum Gasteiger partial charge on any atom is -0.387 e. The van der Waals surface area contributed by atoms with E-state index in [-0.39, 0.29) is 18.0 Å². The number of likely N-dealkylation sites (tertiary alicyclic amines) is 1. The number of hydrogen-bond donors (Lipinski definition) is 1. The van der Waals surface area contributed by atoms with Gasteiger partial charge in [-0.25, -0.2) is 0 Å². The molecular weight excluding hydrogens is 420 g/mol. The summed E-state index contributed by atoms with van der Waals surface area (Å²) in [6.07, 6.45) is 12.1. The second-order valence-corrected chi connectivity index (χ2v) is 10.9. The number of piperidine rings is 1. The zero-order valence-electron chi connectivity index (χ0n) is 18.5. The number of rotatable bonds is 6. The van der Waals surface area contributed by atoms with Gasteiger partial charge in [-0.15, -0.1) is 11.8 Å². The number of nitrogens with zero attached hydrogens (tertiary/aromatic N) is 2. The van der Waals surface area contributed by atoms with Crippen molar-refractivity contribution in [3.8, 4) is 0 Å². The monoisotopic (exact) mass is 454 g/mol. The maximum Gasteiger partial charge on any atom is 0.252 e. The maximum absolute atomic E-state index is 12.8. The minimum atomic E-state index is -1.07. The van der Waals surface area contributed by atoms with Gasteiger partial charge in [0.2, 0.25) is 5.91 Å². The molecule has 1 saturated heterocycles. The summed E-state index contributed by atoms with van der Waals surface area (Å²) in [5, 5.41) is 11.9. The van der Waals surface area contributed by atoms with Crippen LogP contribution in [-0.4, -0.2) is 45.4 Å². The van der Waals surface area contributed by atoms with Crippen molar-refractivity contribution < 1.29 is 9.90 Å². The zero-order chi connectivity index (χ0) is 21.9. The lowest BCUT2D eigenvalue weighted by Gasteiger charge is -2.50. The van der Waals surface area contributed by atoms with Crippen LogP contribution in [0.15, 0.2) is 22.0 Å². The normalized spacial score (nSPS) is 24.8. The Bertz CT molecular complexity index is 819. The van der Waals surface area contributed by atoms with Gasteiger partial charge < -0.3 is 14.6 Å². The Balaban J connectivity index is 1.65. The number of carbonyl (C=O) groups excluding carboxylic acids is 1. The van der Waals surface area contributed by atoms with E-state index in [0.717, 1.165) is 11.3 Å². The maximum atomic E-state index is 12.8. The van der Waals surface area contributed by atoms with Crippen molar-refractivity contribution in [2.75, 3.05) is 19.3 Å². The van der Waals surface area contributed by atoms with E-state index in [9.17, 15) is 14.7 Å². The van der Waals surface area contributed by atoms with Crippen molar-refractivity contribution in [1.29, 1.82) is 0 Å². The summed E-state index contributed by atoms with van der Waals surface area (Å²) in [6, 6.07) is 1.41. The summed E-state index contributed by atoms with van der Waals surface area (Å²) >= 11 is 7.61. The predicted molar refractivity (Wildman–Crippen MR) is 123 cm³/mol. The van der Waals surface area contributed by atoms with Crippen LogP contribution in [0.3, 0.4) is 0 Å². The minimum absolute atomic E-state index is 0.198. The summed E-state index contributed by atoms with van der Waals surface area (Å²) < 4.78 is 1.56. The van der Waals surface area contributed by atoms with Crippen LogP contribution in [0.1, 0.15) is 65.2 Å². The van der Waals surface area contributed by atoms with Crippen molar-refractivity contribution >= 4 is 29.3 Å². The van der Waals surface area contributed by atoms with E-state index in [1.165, 1.54) is 49.9 Å². The number of aliphatic hydroxyl groups is 1. The summed E-state index contributed by atoms with van der Waals surface area (Å²) in [7, 11) is 0. The van der Waals surface area contributed by atoms with Gasteiger partial charge in [-0.05, 0) is 25.0 Å². The molecule has 1 aliphatic heterocycles. The Hall–Kier alpha value is -0.980. The molecule has 5 nitrogen and oxygen atoms in total. The molecule has 1 aromatic rings. The first-order valence-electron chi connectivity index (χ1n) is 11.1. The lowest BCUT2D eigenvalue weighted by atomic mass is 9.69. The van der Waals surface area contributed by atoms with Crippen LogP contribution in [0, 0.1) is 11.3 Å². The number of carbonyl (C=O) groups is 1. The molecule has 0 radical (unpaired) electrons. The van der Waals surface area contributed by atoms with E-state index in [1.807, 2.05) is 25.0 Å². The highest BCUT2D eigenvalue weighted by Gasteiger charge is 2.48. The average Bonchev–Trinajstić information content (AvgIpc) is 2.71. The Labute approximate surface area is 189 Å². The third-order valence-corrected chi connectivity index (χ3v) is 8.37. The van der Waals surface area contributed by atoms with Crippen LogP contribution >= 0.6 is 23.4 Å². The fourth-order valence-electron chi connectivity index (χ4n) is 4.91. The second kappa shape index (κ2) is 9.66. The zero-order valence-corrected chi connectivity index (χ0v) is 20.0. The highest BCUT2D eigenvalue weighted by Crippen LogP contribution is 2.40. The first-order chi connectivity index (χ1) is 14.1. The molecular formula is C23H35ClN2O3S. The summed E-state index contributed by atoms with van der Waals surface area (Å²) in [5.41, 5.74) is -1.81. The van der Waals surface area contributed by atoms with Crippen LogP contribution in [0.5, 0.6) is 0 Å². The summed E-state index contributed by atoms with van der Waals surface area (Å²) in [5.74, 6) is 0.892. The van der Waals surface area contributed by atoms with Crippen LogP contribution in [0.4, 0.5) is 0 Å². The molecule has 30 heavy (non-hydrogen) atoms. The number of hydrogen-bond acceptors (Lipinski definition) is 4. The van der Waals surface area contributed by atoms with E-state index in [4.69, 9.17) is 11.6 Å². The van der Waals surface area contributed by atoms with Gasteiger partial charge >= 0.3 is 0 Å². The van der Waals surface area contributed by atoms with Crippen LogP contribution < -0.4 is 5.56 Å². The van der Waals surface area contributed by atoms with Gasteiger partial charge in [-0.1, -0.05) is 57.6 Å². The van der Waals surface area contributed by atoms with Crippen molar-refractivity contribution in [3.63, 3.8) is 0 Å². The van der Waals surface area contributed by atoms with E-state index < -0.39 is 11.0 Å². The number of amides is 1. The number of pyridine rings is 1. The topological polar surface area (TPSA) is 62.5 Å². The molecule has 1 amide bonds. The molecule has 0 bridgehead atoms. The van der Waals surface area contributed by atoms with Crippen LogP contribution in [0.2, 0.25) is 5.02 Å². The lowest BCUT2D eigenvalue weighted by molar-refractivity contribution is -0.154. The molecule has 1 aliphatic carbocycles. The van der Waals surface area contributed by atoms with E-state index >= 15 is 0 Å². The molecule has 1 aromatic heterocycles. The molecule has 168 valence electrons. The first-order valence-corrected chi connectivity index (χ1v) is 12.7. The molecule has 1 unspecified atom stereocenters. The third kappa shape index (κ3) is 5.25. The van der Waals surface area contributed by atoms with Crippen molar-refractivity contribution in [2.24, 2.45) is 11.3 Å². The average molecular weight is 455 g/mol. The largest absolute Gasteiger partial charge is 0.387 e. The molecule has 0 aromatic carbocycles. The van der Waals surface area contributed by atoms with Crippen molar-refractivity contribution in [2.45, 2.75) is 82.3 Å². The van der Waals surface area contributed by atoms with Gasteiger partial charge in [0, 0.05) is 42.1 Å². The van der Waals surface area contributed by atoms with E-state index in [0.29, 0.717) is 36.9 Å². The fourth-order valence-corrected chi connectivity index (χ4v) is 5.77. The molecule has 3 rings (SSSR count). The molecule has 2 heterocycles.